The van der Waals surface area contributed by atoms with Crippen molar-refractivity contribution in [3.63, 3.8) is 0 Å². The number of amides is 2. The van der Waals surface area contributed by atoms with E-state index in [0.29, 0.717) is 12.1 Å². The van der Waals surface area contributed by atoms with Gasteiger partial charge in [-0.1, -0.05) is 30.4 Å². The molecule has 2 amide bonds. The third-order valence-electron chi connectivity index (χ3n) is 5.87. The van der Waals surface area contributed by atoms with E-state index in [1.165, 1.54) is 40.5 Å². The first-order valence-corrected chi connectivity index (χ1v) is 11.7. The van der Waals surface area contributed by atoms with Crippen molar-refractivity contribution < 1.29 is 18.0 Å². The Bertz CT molecular complexity index is 1110. The maximum Gasteiger partial charge on any atom is 0.263 e. The van der Waals surface area contributed by atoms with Gasteiger partial charge in [0.1, 0.15) is 5.01 Å². The third-order valence-corrected chi connectivity index (χ3v) is 8.33. The van der Waals surface area contributed by atoms with E-state index in [9.17, 15) is 18.0 Å². The van der Waals surface area contributed by atoms with Gasteiger partial charge in [0, 0.05) is 0 Å². The number of hydrogen-bond acceptors (Lipinski definition) is 7. The number of allylic oxidation sites excluding steroid dienone is 2. The molecule has 1 aromatic carbocycles. The molecular weight excluding hydrogens is 412 g/mol. The second-order valence-corrected chi connectivity index (χ2v) is 10.2. The fourth-order valence-corrected chi connectivity index (χ4v) is 6.45. The average Bonchev–Trinajstić information content (AvgIpc) is 3.46. The molecule has 0 spiro atoms. The number of hydrogen-bond donors (Lipinski definition) is 1. The van der Waals surface area contributed by atoms with E-state index in [0.717, 1.165) is 11.4 Å². The molecule has 2 fully saturated rings. The summed E-state index contributed by atoms with van der Waals surface area (Å²) in [5, 5.41) is 8.66. The average molecular weight is 431 g/mol. The van der Waals surface area contributed by atoms with Gasteiger partial charge < -0.3 is 0 Å². The highest BCUT2D eigenvalue weighted by atomic mass is 32.2. The number of nitrogens with one attached hydrogen (secondary N) is 1. The minimum absolute atomic E-state index is 0.0236. The second kappa shape index (κ2) is 6.46. The number of aryl methyl sites for hydroxylation is 1. The first-order valence-electron chi connectivity index (χ1n) is 9.40. The molecule has 2 aliphatic carbocycles. The molecule has 2 aromatic rings. The maximum atomic E-state index is 12.9. The van der Waals surface area contributed by atoms with Gasteiger partial charge in [-0.25, -0.2) is 8.42 Å². The van der Waals surface area contributed by atoms with E-state index in [1.807, 2.05) is 19.1 Å². The smallest absolute Gasteiger partial charge is 0.263 e. The lowest BCUT2D eigenvalue weighted by Crippen LogP contribution is -2.32. The molecule has 10 heteroatoms. The van der Waals surface area contributed by atoms with Crippen LogP contribution in [0.1, 0.15) is 18.4 Å². The topological polar surface area (TPSA) is 109 Å². The fraction of sp³-hybridized carbons (Fsp3) is 0.368. The molecule has 3 aliphatic rings. The molecule has 1 saturated carbocycles. The molecule has 1 N–H and O–H groups in total. The molecule has 0 unspecified atom stereocenters. The molecule has 4 atom stereocenters. The molecule has 0 radical (unpaired) electrons. The maximum absolute atomic E-state index is 12.9. The van der Waals surface area contributed by atoms with Crippen molar-refractivity contribution in [2.45, 2.75) is 24.7 Å². The Labute approximate surface area is 171 Å². The van der Waals surface area contributed by atoms with Crippen molar-refractivity contribution in [2.24, 2.45) is 23.7 Å². The van der Waals surface area contributed by atoms with Gasteiger partial charge in [-0.2, -0.15) is 0 Å². The quantitative estimate of drug-likeness (QED) is 0.575. The minimum Gasteiger partial charge on any atom is -0.274 e. The van der Waals surface area contributed by atoms with Crippen molar-refractivity contribution in [1.29, 1.82) is 0 Å². The van der Waals surface area contributed by atoms with E-state index in [-0.39, 0.29) is 45.5 Å². The van der Waals surface area contributed by atoms with E-state index >= 15 is 0 Å². The Morgan fingerprint density at radius 3 is 2.24 bits per heavy atom. The predicted molar refractivity (Wildman–Crippen MR) is 107 cm³/mol. The predicted octanol–water partition coefficient (Wildman–Crippen LogP) is 2.21. The summed E-state index contributed by atoms with van der Waals surface area (Å²) >= 11 is 1.18. The lowest BCUT2D eigenvalue weighted by molar-refractivity contribution is -0.123. The Kier molecular flexibility index (Phi) is 4.11. The largest absolute Gasteiger partial charge is 0.274 e. The monoisotopic (exact) mass is 430 g/mol. The van der Waals surface area contributed by atoms with Crippen molar-refractivity contribution in [2.75, 3.05) is 9.62 Å². The zero-order valence-corrected chi connectivity index (χ0v) is 17.1. The number of anilines is 2. The Balaban J connectivity index is 1.38. The first kappa shape index (κ1) is 18.4. The molecule has 5 rings (SSSR count). The van der Waals surface area contributed by atoms with Gasteiger partial charge in [0.25, 0.3) is 10.0 Å². The molecule has 2 bridgehead atoms. The van der Waals surface area contributed by atoms with Crippen LogP contribution in [0, 0.1) is 23.7 Å². The van der Waals surface area contributed by atoms with Crippen LogP contribution in [0.5, 0.6) is 0 Å². The van der Waals surface area contributed by atoms with Gasteiger partial charge in [0.2, 0.25) is 16.9 Å². The Hall–Kier alpha value is -2.59. The summed E-state index contributed by atoms with van der Waals surface area (Å²) in [4.78, 5) is 27.0. The number of imide groups is 1. The number of carbonyl (C=O) groups is 2. The van der Waals surface area contributed by atoms with Crippen LogP contribution in [0.15, 0.2) is 41.3 Å². The summed E-state index contributed by atoms with van der Waals surface area (Å²) in [6.07, 6.45) is 5.62. The van der Waals surface area contributed by atoms with Gasteiger partial charge in [-0.3, -0.25) is 19.2 Å². The standard InChI is InChI=1S/C19H18N4O4S2/c1-2-14-20-21-19(28-14)22-29(26,27)13-7-5-12(6-8-13)23-17(24)15-10-3-4-11(9-10)16(15)18(23)25/h3-8,10-11,15-16H,2,9H2,1H3,(H,21,22)/t10-,11+,15+,16-. The van der Waals surface area contributed by atoms with Gasteiger partial charge in [0.15, 0.2) is 0 Å². The summed E-state index contributed by atoms with van der Waals surface area (Å²) < 4.78 is 27.6. The minimum atomic E-state index is -3.84. The SMILES string of the molecule is CCc1nnc(NS(=O)(=O)c2ccc(N3C(=O)[C@@H]4[C@H](C3=O)[C@H]3C=C[C@@H]4C3)cc2)s1. The van der Waals surface area contributed by atoms with Crippen LogP contribution in [0.4, 0.5) is 10.8 Å². The first-order chi connectivity index (χ1) is 13.9. The van der Waals surface area contributed by atoms with Gasteiger partial charge in [0.05, 0.1) is 22.4 Å². The van der Waals surface area contributed by atoms with Crippen LogP contribution < -0.4 is 9.62 Å². The molecule has 150 valence electrons. The normalized spacial score (nSPS) is 27.7. The van der Waals surface area contributed by atoms with E-state index in [2.05, 4.69) is 14.9 Å². The Morgan fingerprint density at radius 2 is 1.69 bits per heavy atom. The van der Waals surface area contributed by atoms with E-state index in [4.69, 9.17) is 0 Å². The number of rotatable bonds is 5. The lowest BCUT2D eigenvalue weighted by atomic mass is 9.85. The molecular formula is C19H18N4O4S2. The van der Waals surface area contributed by atoms with Crippen LogP contribution in [0.3, 0.4) is 0 Å². The van der Waals surface area contributed by atoms with E-state index < -0.39 is 10.0 Å². The van der Waals surface area contributed by atoms with Crippen LogP contribution in [0.2, 0.25) is 0 Å². The highest BCUT2D eigenvalue weighted by Crippen LogP contribution is 2.53. The summed E-state index contributed by atoms with van der Waals surface area (Å²) in [5.74, 6) is -0.677. The molecule has 1 saturated heterocycles. The number of nitrogens with zero attached hydrogens (tertiary/aromatic N) is 3. The van der Waals surface area contributed by atoms with Crippen molar-refractivity contribution in [1.82, 2.24) is 10.2 Å². The van der Waals surface area contributed by atoms with Gasteiger partial charge in [-0.15, -0.1) is 10.2 Å². The third kappa shape index (κ3) is 2.81. The molecule has 8 nitrogen and oxygen atoms in total. The number of fused-ring (bicyclic) bond motifs is 5. The summed E-state index contributed by atoms with van der Waals surface area (Å²) in [7, 11) is -3.84. The molecule has 1 aromatic heterocycles. The summed E-state index contributed by atoms with van der Waals surface area (Å²) in [6.45, 7) is 1.91. The number of sulfonamides is 1. The lowest BCUT2D eigenvalue weighted by Gasteiger charge is -2.17. The number of benzene rings is 1. The Morgan fingerprint density at radius 1 is 1.07 bits per heavy atom. The highest BCUT2D eigenvalue weighted by molar-refractivity contribution is 7.93. The van der Waals surface area contributed by atoms with Crippen molar-refractivity contribution >= 4 is 44.0 Å². The van der Waals surface area contributed by atoms with Gasteiger partial charge >= 0.3 is 0 Å². The molecule has 2 heterocycles. The second-order valence-electron chi connectivity index (χ2n) is 7.47. The van der Waals surface area contributed by atoms with Crippen molar-refractivity contribution in [3.8, 4) is 0 Å². The number of carbonyl (C=O) groups excluding carboxylic acids is 2. The summed E-state index contributed by atoms with van der Waals surface area (Å²) in [5.41, 5.74) is 0.400. The molecule has 1 aliphatic heterocycles. The van der Waals surface area contributed by atoms with Crippen LogP contribution in [-0.2, 0) is 26.0 Å². The fourth-order valence-electron chi connectivity index (χ4n) is 4.54. The summed E-state index contributed by atoms with van der Waals surface area (Å²) in [6, 6.07) is 5.78. The van der Waals surface area contributed by atoms with E-state index in [1.54, 1.807) is 0 Å². The number of aromatic nitrogens is 2. The zero-order chi connectivity index (χ0) is 20.3. The van der Waals surface area contributed by atoms with Crippen LogP contribution >= 0.6 is 11.3 Å². The van der Waals surface area contributed by atoms with Crippen molar-refractivity contribution in [3.05, 3.63) is 41.4 Å². The highest BCUT2D eigenvalue weighted by Gasteiger charge is 2.59. The molecule has 29 heavy (non-hydrogen) atoms. The van der Waals surface area contributed by atoms with Crippen LogP contribution in [-0.4, -0.2) is 30.4 Å². The van der Waals surface area contributed by atoms with Gasteiger partial charge in [-0.05, 0) is 48.9 Å². The van der Waals surface area contributed by atoms with Crippen LogP contribution in [0.25, 0.3) is 0 Å². The zero-order valence-electron chi connectivity index (χ0n) is 15.5.